The Morgan fingerprint density at radius 2 is 2.13 bits per heavy atom. The fraction of sp³-hybridized carbons (Fsp3) is 0.545. The molecule has 1 rings (SSSR count). The van der Waals surface area contributed by atoms with E-state index in [0.29, 0.717) is 12.0 Å². The highest BCUT2D eigenvalue weighted by molar-refractivity contribution is 5.14. The Labute approximate surface area is 88.2 Å². The van der Waals surface area contributed by atoms with Gasteiger partial charge in [-0.1, -0.05) is 6.92 Å². The van der Waals surface area contributed by atoms with Gasteiger partial charge in [0, 0.05) is 5.56 Å². The highest BCUT2D eigenvalue weighted by Gasteiger charge is 2.33. The Bertz CT molecular complexity index is 392. The second-order valence-electron chi connectivity index (χ2n) is 3.84. The van der Waals surface area contributed by atoms with Gasteiger partial charge in [-0.05, 0) is 32.4 Å². The SMILES string of the molecule is CCC(O)C(C)(O)c1ccc(C)c(=O)o1. The first kappa shape index (κ1) is 11.9. The standard InChI is InChI=1S/C11H16O4/c1-4-8(12)11(3,14)9-6-5-7(2)10(13)15-9/h5-6,8,12,14H,4H2,1-3H3. The summed E-state index contributed by atoms with van der Waals surface area (Å²) < 4.78 is 4.93. The van der Waals surface area contributed by atoms with E-state index in [1.165, 1.54) is 13.0 Å². The normalized spacial score (nSPS) is 17.1. The van der Waals surface area contributed by atoms with Gasteiger partial charge in [0.2, 0.25) is 0 Å². The highest BCUT2D eigenvalue weighted by atomic mass is 16.4. The van der Waals surface area contributed by atoms with Crippen molar-refractivity contribution >= 4 is 0 Å². The molecular formula is C11H16O4. The molecule has 2 N–H and O–H groups in total. The zero-order valence-electron chi connectivity index (χ0n) is 9.15. The van der Waals surface area contributed by atoms with Gasteiger partial charge in [-0.3, -0.25) is 0 Å². The smallest absolute Gasteiger partial charge is 0.338 e. The summed E-state index contributed by atoms with van der Waals surface area (Å²) in [5.74, 6) is 0.0902. The quantitative estimate of drug-likeness (QED) is 0.781. The van der Waals surface area contributed by atoms with Crippen LogP contribution in [-0.2, 0) is 5.60 Å². The molecule has 0 aromatic carbocycles. The van der Waals surface area contributed by atoms with E-state index in [4.69, 9.17) is 4.42 Å². The van der Waals surface area contributed by atoms with Crippen LogP contribution in [0.15, 0.2) is 21.3 Å². The molecular weight excluding hydrogens is 196 g/mol. The number of aliphatic hydroxyl groups excluding tert-OH is 1. The molecule has 4 nitrogen and oxygen atoms in total. The zero-order valence-corrected chi connectivity index (χ0v) is 9.15. The van der Waals surface area contributed by atoms with E-state index in [1.54, 1.807) is 19.9 Å². The second kappa shape index (κ2) is 4.16. The van der Waals surface area contributed by atoms with Gasteiger partial charge in [-0.15, -0.1) is 0 Å². The second-order valence-corrected chi connectivity index (χ2v) is 3.84. The van der Waals surface area contributed by atoms with Gasteiger partial charge >= 0.3 is 5.63 Å². The van der Waals surface area contributed by atoms with Crippen molar-refractivity contribution in [2.24, 2.45) is 0 Å². The molecule has 84 valence electrons. The molecule has 0 aliphatic heterocycles. The summed E-state index contributed by atoms with van der Waals surface area (Å²) in [5.41, 5.74) is -1.54. The molecule has 0 fully saturated rings. The van der Waals surface area contributed by atoms with Gasteiger partial charge in [0.1, 0.15) is 11.4 Å². The topological polar surface area (TPSA) is 70.7 Å². The summed E-state index contributed by atoms with van der Waals surface area (Å²) >= 11 is 0. The average Bonchev–Trinajstić information content (AvgIpc) is 2.20. The van der Waals surface area contributed by atoms with Gasteiger partial charge in [-0.25, -0.2) is 4.79 Å². The largest absolute Gasteiger partial charge is 0.424 e. The first-order valence-electron chi connectivity index (χ1n) is 4.91. The van der Waals surface area contributed by atoms with Crippen LogP contribution in [0.1, 0.15) is 31.6 Å². The van der Waals surface area contributed by atoms with Crippen molar-refractivity contribution in [3.63, 3.8) is 0 Å². The monoisotopic (exact) mass is 212 g/mol. The molecule has 0 spiro atoms. The van der Waals surface area contributed by atoms with Gasteiger partial charge in [0.05, 0.1) is 6.10 Å². The molecule has 0 aliphatic rings. The molecule has 1 aromatic rings. The predicted molar refractivity (Wildman–Crippen MR) is 55.6 cm³/mol. The van der Waals surface area contributed by atoms with Crippen LogP contribution in [0.5, 0.6) is 0 Å². The fourth-order valence-electron chi connectivity index (χ4n) is 1.32. The first-order chi connectivity index (χ1) is 6.89. The molecule has 0 saturated carbocycles. The third-order valence-corrected chi connectivity index (χ3v) is 2.54. The van der Waals surface area contributed by atoms with Crippen LogP contribution in [0.4, 0.5) is 0 Å². The third kappa shape index (κ3) is 2.27. The lowest BCUT2D eigenvalue weighted by atomic mass is 9.94. The average molecular weight is 212 g/mol. The first-order valence-corrected chi connectivity index (χ1v) is 4.91. The molecule has 2 unspecified atom stereocenters. The number of hydrogen-bond donors (Lipinski definition) is 2. The van der Waals surface area contributed by atoms with E-state index < -0.39 is 17.3 Å². The summed E-state index contributed by atoms with van der Waals surface area (Å²) in [7, 11) is 0. The molecule has 0 saturated heterocycles. The van der Waals surface area contributed by atoms with Crippen molar-refractivity contribution in [3.05, 3.63) is 33.9 Å². The minimum absolute atomic E-state index is 0.0902. The molecule has 4 heteroatoms. The zero-order chi connectivity index (χ0) is 11.6. The molecule has 15 heavy (non-hydrogen) atoms. The summed E-state index contributed by atoms with van der Waals surface area (Å²) in [5, 5.41) is 19.6. The molecule has 2 atom stereocenters. The molecule has 0 amide bonds. The van der Waals surface area contributed by atoms with Crippen LogP contribution < -0.4 is 5.63 Å². The lowest BCUT2D eigenvalue weighted by molar-refractivity contribution is -0.0827. The Hall–Kier alpha value is -1.13. The molecule has 0 aliphatic carbocycles. The van der Waals surface area contributed by atoms with Gasteiger partial charge in [0.25, 0.3) is 0 Å². The van der Waals surface area contributed by atoms with Gasteiger partial charge in [-0.2, -0.15) is 0 Å². The van der Waals surface area contributed by atoms with Crippen LogP contribution in [0.2, 0.25) is 0 Å². The maximum atomic E-state index is 11.2. The van der Waals surface area contributed by atoms with E-state index in [1.807, 2.05) is 0 Å². The minimum Gasteiger partial charge on any atom is -0.424 e. The highest BCUT2D eigenvalue weighted by Crippen LogP contribution is 2.25. The summed E-state index contributed by atoms with van der Waals surface area (Å²) in [6, 6.07) is 3.08. The number of rotatable bonds is 3. The van der Waals surface area contributed by atoms with E-state index in [9.17, 15) is 15.0 Å². The van der Waals surface area contributed by atoms with Crippen molar-refractivity contribution in [2.75, 3.05) is 0 Å². The van der Waals surface area contributed by atoms with Crippen molar-refractivity contribution < 1.29 is 14.6 Å². The Morgan fingerprint density at radius 3 is 2.60 bits per heavy atom. The minimum atomic E-state index is -1.53. The van der Waals surface area contributed by atoms with Gasteiger partial charge in [0.15, 0.2) is 0 Å². The number of hydrogen-bond acceptors (Lipinski definition) is 4. The van der Waals surface area contributed by atoms with Crippen molar-refractivity contribution in [3.8, 4) is 0 Å². The van der Waals surface area contributed by atoms with E-state index >= 15 is 0 Å². The maximum Gasteiger partial charge on any atom is 0.338 e. The lowest BCUT2D eigenvalue weighted by Crippen LogP contribution is -2.36. The summed E-state index contributed by atoms with van der Waals surface area (Å²) in [4.78, 5) is 11.2. The fourth-order valence-corrected chi connectivity index (χ4v) is 1.32. The van der Waals surface area contributed by atoms with Gasteiger partial charge < -0.3 is 14.6 Å². The predicted octanol–water partition coefficient (Wildman–Crippen LogP) is 0.927. The van der Waals surface area contributed by atoms with Crippen molar-refractivity contribution in [2.45, 2.75) is 38.9 Å². The molecule has 1 heterocycles. The van der Waals surface area contributed by atoms with E-state index in [0.717, 1.165) is 0 Å². The van der Waals surface area contributed by atoms with E-state index in [2.05, 4.69) is 0 Å². The number of aliphatic hydroxyl groups is 2. The van der Waals surface area contributed by atoms with Crippen LogP contribution in [-0.4, -0.2) is 16.3 Å². The Balaban J connectivity index is 3.16. The molecule has 0 radical (unpaired) electrons. The van der Waals surface area contributed by atoms with Crippen molar-refractivity contribution in [1.82, 2.24) is 0 Å². The Morgan fingerprint density at radius 1 is 1.53 bits per heavy atom. The van der Waals surface area contributed by atoms with E-state index in [-0.39, 0.29) is 5.76 Å². The van der Waals surface area contributed by atoms with Crippen LogP contribution in [0, 0.1) is 6.92 Å². The van der Waals surface area contributed by atoms with Crippen molar-refractivity contribution in [1.29, 1.82) is 0 Å². The van der Waals surface area contributed by atoms with Crippen LogP contribution in [0.25, 0.3) is 0 Å². The Kier molecular flexibility index (Phi) is 3.31. The van der Waals surface area contributed by atoms with Crippen LogP contribution in [0.3, 0.4) is 0 Å². The summed E-state index contributed by atoms with van der Waals surface area (Å²) in [6.45, 7) is 4.79. The number of aryl methyl sites for hydroxylation is 1. The summed E-state index contributed by atoms with van der Waals surface area (Å²) in [6.07, 6.45) is -0.576. The molecule has 1 aromatic heterocycles. The molecule has 0 bridgehead atoms. The lowest BCUT2D eigenvalue weighted by Gasteiger charge is -2.26. The van der Waals surface area contributed by atoms with Crippen LogP contribution >= 0.6 is 0 Å². The third-order valence-electron chi connectivity index (χ3n) is 2.54. The maximum absolute atomic E-state index is 11.2.